The van der Waals surface area contributed by atoms with Crippen molar-refractivity contribution in [3.8, 4) is 0 Å². The van der Waals surface area contributed by atoms with Gasteiger partial charge in [-0.3, -0.25) is 0 Å². The van der Waals surface area contributed by atoms with Crippen LogP contribution in [-0.2, 0) is 0 Å². The van der Waals surface area contributed by atoms with Crippen molar-refractivity contribution in [3.63, 3.8) is 0 Å². The van der Waals surface area contributed by atoms with Gasteiger partial charge in [0.05, 0.1) is 0 Å². The van der Waals surface area contributed by atoms with Crippen LogP contribution in [0.2, 0.25) is 0 Å². The van der Waals surface area contributed by atoms with Crippen LogP contribution in [0.15, 0.2) is 30.5 Å². The summed E-state index contributed by atoms with van der Waals surface area (Å²) in [5, 5.41) is 6.88. The summed E-state index contributed by atoms with van der Waals surface area (Å²) in [6, 6.07) is 8.97. The lowest BCUT2D eigenvalue weighted by Crippen LogP contribution is -2.21. The van der Waals surface area contributed by atoms with Crippen LogP contribution in [0.4, 0.5) is 23.1 Å². The Morgan fingerprint density at radius 3 is 2.56 bits per heavy atom. The van der Waals surface area contributed by atoms with E-state index in [2.05, 4.69) is 64.5 Å². The second-order valence-corrected chi connectivity index (χ2v) is 6.69. The molecule has 25 heavy (non-hydrogen) atoms. The Morgan fingerprint density at radius 2 is 1.88 bits per heavy atom. The third-order valence-corrected chi connectivity index (χ3v) is 4.95. The summed E-state index contributed by atoms with van der Waals surface area (Å²) in [5.41, 5.74) is 3.56. The van der Waals surface area contributed by atoms with E-state index in [1.165, 1.54) is 36.9 Å². The van der Waals surface area contributed by atoms with Gasteiger partial charge in [-0.25, -0.2) is 4.98 Å². The molecule has 0 saturated heterocycles. The number of aromatic nitrogens is 2. The first-order valence-corrected chi connectivity index (χ1v) is 9.41. The number of hydrogen-bond donors (Lipinski definition) is 2. The Labute approximate surface area is 150 Å². The Balaban J connectivity index is 1.71. The Bertz CT molecular complexity index is 690. The molecule has 1 aromatic carbocycles. The zero-order valence-corrected chi connectivity index (χ0v) is 15.5. The van der Waals surface area contributed by atoms with Crippen molar-refractivity contribution in [3.05, 3.63) is 36.0 Å². The second kappa shape index (κ2) is 8.19. The maximum absolute atomic E-state index is 4.62. The molecule has 5 heteroatoms. The number of hydrogen-bond acceptors (Lipinski definition) is 5. The van der Waals surface area contributed by atoms with E-state index in [9.17, 15) is 0 Å². The van der Waals surface area contributed by atoms with Crippen molar-refractivity contribution in [1.82, 2.24) is 9.97 Å². The molecule has 3 rings (SSSR count). The molecule has 1 aromatic heterocycles. The zero-order valence-electron chi connectivity index (χ0n) is 15.5. The molecule has 1 aliphatic rings. The molecule has 2 aromatic rings. The molecule has 1 heterocycles. The lowest BCUT2D eigenvalue weighted by molar-refractivity contribution is 0.744. The molecular formula is C20H29N5. The highest BCUT2D eigenvalue weighted by molar-refractivity contribution is 5.65. The Hall–Kier alpha value is -2.30. The smallest absolute Gasteiger partial charge is 0.224 e. The minimum absolute atomic E-state index is 0.519. The maximum Gasteiger partial charge on any atom is 0.224 e. The predicted octanol–water partition coefficient (Wildman–Crippen LogP) is 4.73. The number of nitrogens with one attached hydrogen (secondary N) is 2. The molecule has 5 nitrogen and oxygen atoms in total. The fourth-order valence-electron chi connectivity index (χ4n) is 3.46. The van der Waals surface area contributed by atoms with E-state index >= 15 is 0 Å². The van der Waals surface area contributed by atoms with Crippen molar-refractivity contribution >= 4 is 23.1 Å². The van der Waals surface area contributed by atoms with Crippen LogP contribution in [0.1, 0.15) is 45.1 Å². The Kier molecular flexibility index (Phi) is 5.74. The van der Waals surface area contributed by atoms with Crippen LogP contribution in [0.5, 0.6) is 0 Å². The van der Waals surface area contributed by atoms with Crippen LogP contribution in [0.3, 0.4) is 0 Å². The van der Waals surface area contributed by atoms with Crippen molar-refractivity contribution in [2.45, 2.75) is 52.5 Å². The van der Waals surface area contributed by atoms with Crippen molar-refractivity contribution in [2.24, 2.45) is 0 Å². The van der Waals surface area contributed by atoms with Gasteiger partial charge in [0.2, 0.25) is 5.95 Å². The summed E-state index contributed by atoms with van der Waals surface area (Å²) in [7, 11) is 0. The number of aryl methyl sites for hydroxylation is 1. The van der Waals surface area contributed by atoms with E-state index in [0.717, 1.165) is 24.6 Å². The highest BCUT2D eigenvalue weighted by Gasteiger charge is 2.15. The molecule has 2 N–H and O–H groups in total. The minimum atomic E-state index is 0.519. The number of anilines is 4. The third-order valence-electron chi connectivity index (χ3n) is 4.95. The van der Waals surface area contributed by atoms with Crippen LogP contribution >= 0.6 is 0 Å². The first-order chi connectivity index (χ1) is 12.2. The lowest BCUT2D eigenvalue weighted by atomic mass is 10.1. The Morgan fingerprint density at radius 1 is 1.12 bits per heavy atom. The number of benzene rings is 1. The van der Waals surface area contributed by atoms with E-state index in [-0.39, 0.29) is 0 Å². The first-order valence-electron chi connectivity index (χ1n) is 9.41. The molecule has 134 valence electrons. The van der Waals surface area contributed by atoms with E-state index < -0.39 is 0 Å². The minimum Gasteiger partial charge on any atom is -0.372 e. The van der Waals surface area contributed by atoms with Gasteiger partial charge in [-0.2, -0.15) is 4.98 Å². The molecule has 0 unspecified atom stereocenters. The second-order valence-electron chi connectivity index (χ2n) is 6.69. The van der Waals surface area contributed by atoms with Crippen molar-refractivity contribution < 1.29 is 0 Å². The van der Waals surface area contributed by atoms with Crippen molar-refractivity contribution in [1.29, 1.82) is 0 Å². The molecule has 0 bridgehead atoms. The fourth-order valence-corrected chi connectivity index (χ4v) is 3.46. The topological polar surface area (TPSA) is 53.1 Å². The van der Waals surface area contributed by atoms with Gasteiger partial charge in [-0.05, 0) is 63.4 Å². The van der Waals surface area contributed by atoms with Crippen LogP contribution in [0, 0.1) is 6.92 Å². The van der Waals surface area contributed by atoms with Gasteiger partial charge in [-0.15, -0.1) is 0 Å². The number of nitrogens with zero attached hydrogens (tertiary/aromatic N) is 3. The number of rotatable bonds is 7. The molecule has 1 aliphatic carbocycles. The molecule has 1 saturated carbocycles. The summed E-state index contributed by atoms with van der Waals surface area (Å²) < 4.78 is 0. The molecule has 0 spiro atoms. The van der Waals surface area contributed by atoms with E-state index in [1.807, 2.05) is 12.3 Å². The molecule has 0 atom stereocenters. The molecule has 1 fully saturated rings. The normalized spacial score (nSPS) is 14.5. The largest absolute Gasteiger partial charge is 0.372 e. The lowest BCUT2D eigenvalue weighted by Gasteiger charge is -2.22. The summed E-state index contributed by atoms with van der Waals surface area (Å²) in [6.07, 6.45) is 6.84. The third kappa shape index (κ3) is 4.41. The van der Waals surface area contributed by atoms with Gasteiger partial charge in [-0.1, -0.05) is 12.8 Å². The average molecular weight is 339 g/mol. The molecule has 0 aliphatic heterocycles. The van der Waals surface area contributed by atoms with Gasteiger partial charge in [0.15, 0.2) is 0 Å². The van der Waals surface area contributed by atoms with Gasteiger partial charge in [0.25, 0.3) is 0 Å². The van der Waals surface area contributed by atoms with Crippen LogP contribution in [-0.4, -0.2) is 29.1 Å². The van der Waals surface area contributed by atoms with Gasteiger partial charge < -0.3 is 15.5 Å². The van der Waals surface area contributed by atoms with Crippen molar-refractivity contribution in [2.75, 3.05) is 28.6 Å². The summed E-state index contributed by atoms with van der Waals surface area (Å²) in [5.74, 6) is 1.54. The van der Waals surface area contributed by atoms with Crippen LogP contribution in [0.25, 0.3) is 0 Å². The zero-order chi connectivity index (χ0) is 17.6. The fraction of sp³-hybridized carbons (Fsp3) is 0.500. The quantitative estimate of drug-likeness (QED) is 0.764. The monoisotopic (exact) mass is 339 g/mol. The standard InChI is InChI=1S/C20H29N5/c1-4-25(5-2)17-10-11-18(15(3)14-17)23-19-12-13-21-20(24-19)22-16-8-6-7-9-16/h10-14,16H,4-9H2,1-3H3,(H2,21,22,23,24). The maximum atomic E-state index is 4.62. The summed E-state index contributed by atoms with van der Waals surface area (Å²) in [4.78, 5) is 11.3. The summed E-state index contributed by atoms with van der Waals surface area (Å²) >= 11 is 0. The van der Waals surface area contributed by atoms with Crippen LogP contribution < -0.4 is 15.5 Å². The van der Waals surface area contributed by atoms with E-state index in [4.69, 9.17) is 0 Å². The molecule has 0 amide bonds. The van der Waals surface area contributed by atoms with E-state index in [1.54, 1.807) is 0 Å². The average Bonchev–Trinajstić information content (AvgIpc) is 3.12. The van der Waals surface area contributed by atoms with Gasteiger partial charge in [0.1, 0.15) is 5.82 Å². The highest BCUT2D eigenvalue weighted by Crippen LogP contribution is 2.26. The molecule has 0 radical (unpaired) electrons. The van der Waals surface area contributed by atoms with E-state index in [0.29, 0.717) is 12.0 Å². The summed E-state index contributed by atoms with van der Waals surface area (Å²) in [6.45, 7) is 8.54. The highest BCUT2D eigenvalue weighted by atomic mass is 15.2. The molecular weight excluding hydrogens is 310 g/mol. The predicted molar refractivity (Wildman–Crippen MR) is 106 cm³/mol. The van der Waals surface area contributed by atoms with Gasteiger partial charge in [0, 0.05) is 36.7 Å². The SMILES string of the molecule is CCN(CC)c1ccc(Nc2ccnc(NC3CCCC3)n2)c(C)c1. The first kappa shape index (κ1) is 17.5. The van der Waals surface area contributed by atoms with Gasteiger partial charge >= 0.3 is 0 Å².